The van der Waals surface area contributed by atoms with Crippen LogP contribution in [-0.4, -0.2) is 25.9 Å². The van der Waals surface area contributed by atoms with Crippen LogP contribution in [0, 0.1) is 0 Å². The van der Waals surface area contributed by atoms with Crippen LogP contribution in [0.2, 0.25) is 0 Å². The molecule has 0 unspecified atom stereocenters. The predicted octanol–water partition coefficient (Wildman–Crippen LogP) is 4.79. The van der Waals surface area contributed by atoms with E-state index >= 15 is 0 Å². The zero-order valence-electron chi connectivity index (χ0n) is 17.7. The maximum atomic E-state index is 13.4. The lowest BCUT2D eigenvalue weighted by Crippen LogP contribution is -2.41. The molecule has 1 atom stereocenters. The molecular formula is C25H27NO4. The molecule has 1 aliphatic carbocycles. The van der Waals surface area contributed by atoms with E-state index in [2.05, 4.69) is 6.92 Å². The van der Waals surface area contributed by atoms with Crippen molar-refractivity contribution in [3.63, 3.8) is 0 Å². The second-order valence-corrected chi connectivity index (χ2v) is 7.71. The van der Waals surface area contributed by atoms with Gasteiger partial charge in [0.25, 0.3) is 0 Å². The van der Waals surface area contributed by atoms with Crippen molar-refractivity contribution in [2.24, 2.45) is 0 Å². The number of methoxy groups -OCH3 is 2. The quantitative estimate of drug-likeness (QED) is 0.717. The minimum absolute atomic E-state index is 0.0206. The number of rotatable bonds is 5. The molecule has 5 heteroatoms. The average molecular weight is 405 g/mol. The van der Waals surface area contributed by atoms with Crippen molar-refractivity contribution in [1.29, 1.82) is 0 Å². The van der Waals surface area contributed by atoms with Crippen LogP contribution in [-0.2, 0) is 16.0 Å². The van der Waals surface area contributed by atoms with Gasteiger partial charge < -0.3 is 9.47 Å². The summed E-state index contributed by atoms with van der Waals surface area (Å²) in [7, 11) is 3.21. The summed E-state index contributed by atoms with van der Waals surface area (Å²) in [5.41, 5.74) is 4.47. The minimum Gasteiger partial charge on any atom is -0.497 e. The van der Waals surface area contributed by atoms with Crippen LogP contribution in [0.1, 0.15) is 49.7 Å². The number of carbonyl (C=O) groups is 2. The van der Waals surface area contributed by atoms with E-state index in [1.807, 2.05) is 42.5 Å². The summed E-state index contributed by atoms with van der Waals surface area (Å²) < 4.78 is 10.9. The van der Waals surface area contributed by atoms with Gasteiger partial charge in [0.1, 0.15) is 11.5 Å². The number of hydrogen-bond acceptors (Lipinski definition) is 4. The summed E-state index contributed by atoms with van der Waals surface area (Å²) in [4.78, 5) is 28.4. The summed E-state index contributed by atoms with van der Waals surface area (Å²) in [6, 6.07) is 13.5. The molecule has 0 saturated carbocycles. The number of benzene rings is 2. The lowest BCUT2D eigenvalue weighted by atomic mass is 9.76. The first-order chi connectivity index (χ1) is 14.6. The van der Waals surface area contributed by atoms with Gasteiger partial charge in [-0.2, -0.15) is 0 Å². The number of allylic oxidation sites excluding steroid dienone is 2. The maximum Gasteiger partial charge on any atom is 0.232 e. The summed E-state index contributed by atoms with van der Waals surface area (Å²) in [5, 5.41) is 0. The Morgan fingerprint density at radius 2 is 1.83 bits per heavy atom. The zero-order chi connectivity index (χ0) is 21.3. The fourth-order valence-electron chi connectivity index (χ4n) is 4.67. The molecule has 1 heterocycles. The number of hydrogen-bond donors (Lipinski definition) is 0. The molecule has 2 aromatic carbocycles. The van der Waals surface area contributed by atoms with Gasteiger partial charge in [-0.1, -0.05) is 31.2 Å². The fraction of sp³-hybridized carbons (Fsp3) is 0.360. The third-order valence-corrected chi connectivity index (χ3v) is 6.10. The number of ketones is 1. The Bertz CT molecular complexity index is 1020. The Balaban J connectivity index is 1.88. The molecule has 156 valence electrons. The lowest BCUT2D eigenvalue weighted by molar-refractivity contribution is -0.119. The number of carbonyl (C=O) groups excluding carboxylic acids is 2. The number of ether oxygens (including phenoxy) is 2. The van der Waals surface area contributed by atoms with Gasteiger partial charge in [-0.15, -0.1) is 0 Å². The summed E-state index contributed by atoms with van der Waals surface area (Å²) in [6.45, 7) is 2.08. The largest absolute Gasteiger partial charge is 0.497 e. The van der Waals surface area contributed by atoms with Crippen molar-refractivity contribution in [3.05, 3.63) is 64.9 Å². The van der Waals surface area contributed by atoms with Crippen LogP contribution >= 0.6 is 0 Å². The Morgan fingerprint density at radius 3 is 2.57 bits per heavy atom. The predicted molar refractivity (Wildman–Crippen MR) is 116 cm³/mol. The number of amides is 1. The highest BCUT2D eigenvalue weighted by molar-refractivity contribution is 6.07. The molecule has 0 fully saturated rings. The Morgan fingerprint density at radius 1 is 1.03 bits per heavy atom. The van der Waals surface area contributed by atoms with Crippen molar-refractivity contribution < 1.29 is 19.1 Å². The van der Waals surface area contributed by atoms with E-state index in [1.165, 1.54) is 0 Å². The monoisotopic (exact) mass is 405 g/mol. The van der Waals surface area contributed by atoms with Gasteiger partial charge in [0.2, 0.25) is 5.91 Å². The van der Waals surface area contributed by atoms with E-state index in [9.17, 15) is 9.59 Å². The normalized spacial score (nSPS) is 19.0. The first kappa shape index (κ1) is 20.2. The van der Waals surface area contributed by atoms with Crippen LogP contribution < -0.4 is 14.4 Å². The van der Waals surface area contributed by atoms with Gasteiger partial charge in [-0.3, -0.25) is 14.5 Å². The van der Waals surface area contributed by atoms with E-state index in [0.29, 0.717) is 17.9 Å². The van der Waals surface area contributed by atoms with Gasteiger partial charge in [0.15, 0.2) is 5.78 Å². The summed E-state index contributed by atoms with van der Waals surface area (Å²) >= 11 is 0. The van der Waals surface area contributed by atoms with E-state index in [0.717, 1.165) is 47.3 Å². The fourth-order valence-corrected chi connectivity index (χ4v) is 4.67. The molecule has 5 nitrogen and oxygen atoms in total. The first-order valence-electron chi connectivity index (χ1n) is 10.5. The highest BCUT2D eigenvalue weighted by atomic mass is 16.5. The Labute approximate surface area is 177 Å². The Hall–Kier alpha value is -3.08. The number of para-hydroxylation sites is 1. The second kappa shape index (κ2) is 8.34. The van der Waals surface area contributed by atoms with Crippen molar-refractivity contribution in [2.45, 2.75) is 44.9 Å². The highest BCUT2D eigenvalue weighted by Gasteiger charge is 2.41. The van der Waals surface area contributed by atoms with Crippen LogP contribution in [0.5, 0.6) is 11.5 Å². The second-order valence-electron chi connectivity index (χ2n) is 7.71. The molecule has 0 aromatic heterocycles. The van der Waals surface area contributed by atoms with E-state index in [4.69, 9.17) is 9.47 Å². The van der Waals surface area contributed by atoms with Crippen LogP contribution in [0.25, 0.3) is 0 Å². The molecule has 2 aliphatic rings. The molecule has 4 rings (SSSR count). The van der Waals surface area contributed by atoms with Gasteiger partial charge in [0, 0.05) is 41.7 Å². The molecule has 2 aromatic rings. The molecule has 1 aliphatic heterocycles. The minimum atomic E-state index is -0.300. The van der Waals surface area contributed by atoms with Gasteiger partial charge in [-0.05, 0) is 37.0 Å². The topological polar surface area (TPSA) is 55.8 Å². The van der Waals surface area contributed by atoms with E-state index in [-0.39, 0.29) is 24.0 Å². The molecular weight excluding hydrogens is 378 g/mol. The number of aryl methyl sites for hydroxylation is 1. The lowest BCUT2D eigenvalue weighted by Gasteiger charge is -2.39. The van der Waals surface area contributed by atoms with Crippen molar-refractivity contribution in [3.8, 4) is 11.5 Å². The van der Waals surface area contributed by atoms with Gasteiger partial charge in [-0.25, -0.2) is 0 Å². The molecule has 0 spiro atoms. The highest BCUT2D eigenvalue weighted by Crippen LogP contribution is 2.46. The maximum absolute atomic E-state index is 13.4. The summed E-state index contributed by atoms with van der Waals surface area (Å²) in [6.07, 6.45) is 3.07. The van der Waals surface area contributed by atoms with Gasteiger partial charge >= 0.3 is 0 Å². The standard InChI is InChI=1S/C25H27NO4/c1-4-16-8-5-6-9-20(16)26-21-10-7-11-22(27)25(21)19(15-24(26)28)18-13-12-17(29-2)14-23(18)30-3/h5-6,8-9,12-14,19H,4,7,10-11,15H2,1-3H3/t19-/m0/s1. The third kappa shape index (κ3) is 3.38. The zero-order valence-corrected chi connectivity index (χ0v) is 17.7. The van der Waals surface area contributed by atoms with Crippen molar-refractivity contribution >= 4 is 17.4 Å². The van der Waals surface area contributed by atoms with Crippen LogP contribution in [0.15, 0.2) is 53.7 Å². The third-order valence-electron chi connectivity index (χ3n) is 6.10. The van der Waals surface area contributed by atoms with E-state index in [1.54, 1.807) is 19.1 Å². The number of anilines is 1. The molecule has 30 heavy (non-hydrogen) atoms. The SMILES string of the molecule is CCc1ccccc1N1C(=O)C[C@@H](c2ccc(OC)cc2OC)C2=C1CCCC2=O. The molecule has 0 N–H and O–H groups in total. The van der Waals surface area contributed by atoms with Crippen LogP contribution in [0.3, 0.4) is 0 Å². The van der Waals surface area contributed by atoms with E-state index < -0.39 is 0 Å². The van der Waals surface area contributed by atoms with Crippen LogP contribution in [0.4, 0.5) is 5.69 Å². The Kier molecular flexibility index (Phi) is 5.62. The molecule has 0 radical (unpaired) electrons. The average Bonchev–Trinajstić information content (AvgIpc) is 2.78. The molecule has 0 bridgehead atoms. The summed E-state index contributed by atoms with van der Waals surface area (Å²) in [5.74, 6) is 1.17. The van der Waals surface area contributed by atoms with Crippen molar-refractivity contribution in [2.75, 3.05) is 19.1 Å². The molecule has 0 saturated heterocycles. The smallest absolute Gasteiger partial charge is 0.232 e. The molecule has 1 amide bonds. The first-order valence-corrected chi connectivity index (χ1v) is 10.5. The number of Topliss-reactive ketones (excluding diaryl/α,β-unsaturated/α-hetero) is 1. The van der Waals surface area contributed by atoms with Gasteiger partial charge in [0.05, 0.1) is 19.9 Å². The van der Waals surface area contributed by atoms with Crippen molar-refractivity contribution in [1.82, 2.24) is 0 Å². The number of nitrogens with zero attached hydrogens (tertiary/aromatic N) is 1.